The summed E-state index contributed by atoms with van der Waals surface area (Å²) in [7, 11) is 1.67. The smallest absolute Gasteiger partial charge is 0.260 e. The Morgan fingerprint density at radius 3 is 3.00 bits per heavy atom. The van der Waals surface area contributed by atoms with Gasteiger partial charge in [0.05, 0.1) is 17.2 Å². The number of rotatable bonds is 2. The molecule has 1 heterocycles. The summed E-state index contributed by atoms with van der Waals surface area (Å²) in [5.41, 5.74) is 1.38. The second kappa shape index (κ2) is 6.40. The highest BCUT2D eigenvalue weighted by Gasteiger charge is 2.01. The topological polar surface area (TPSA) is 52.0 Å². The first-order valence-corrected chi connectivity index (χ1v) is 7.14. The Balaban J connectivity index is 2.20. The minimum absolute atomic E-state index is 0.0780. The Kier molecular flexibility index (Phi) is 4.59. The van der Waals surface area contributed by atoms with Crippen LogP contribution >= 0.6 is 11.8 Å². The van der Waals surface area contributed by atoms with Crippen LogP contribution in [0.2, 0.25) is 0 Å². The molecule has 0 saturated heterocycles. The molecule has 1 aromatic heterocycles. The summed E-state index contributed by atoms with van der Waals surface area (Å²) in [5.74, 6) is 6.70. The number of aromatic nitrogens is 2. The van der Waals surface area contributed by atoms with Crippen molar-refractivity contribution in [1.29, 1.82) is 0 Å². The van der Waals surface area contributed by atoms with Gasteiger partial charge in [-0.2, -0.15) is 0 Å². The Bertz CT molecular complexity index is 769. The molecule has 0 aliphatic heterocycles. The number of nitrogens with zero attached hydrogens (tertiary/aromatic N) is 2. The lowest BCUT2D eigenvalue weighted by molar-refractivity contribution is -0.109. The minimum atomic E-state index is -0.0780. The van der Waals surface area contributed by atoms with E-state index in [2.05, 4.69) is 16.8 Å². The van der Waals surface area contributed by atoms with Crippen LogP contribution in [-0.4, -0.2) is 20.4 Å². The van der Waals surface area contributed by atoms with E-state index in [0.717, 1.165) is 5.56 Å². The van der Waals surface area contributed by atoms with Crippen LogP contribution in [0, 0.1) is 11.8 Å². The van der Waals surface area contributed by atoms with Crippen molar-refractivity contribution in [3.63, 3.8) is 0 Å². The summed E-state index contributed by atoms with van der Waals surface area (Å²) in [6.45, 7) is 1.55. The highest BCUT2D eigenvalue weighted by molar-refractivity contribution is 8.13. The van der Waals surface area contributed by atoms with Gasteiger partial charge in [0, 0.05) is 31.7 Å². The van der Waals surface area contributed by atoms with Crippen LogP contribution in [0.4, 0.5) is 0 Å². The van der Waals surface area contributed by atoms with E-state index < -0.39 is 0 Å². The molecule has 0 spiro atoms. The van der Waals surface area contributed by atoms with Crippen molar-refractivity contribution in [2.75, 3.05) is 5.75 Å². The number of hydrogen-bond acceptors (Lipinski definition) is 4. The maximum Gasteiger partial charge on any atom is 0.260 e. The van der Waals surface area contributed by atoms with Crippen molar-refractivity contribution >= 4 is 27.8 Å². The van der Waals surface area contributed by atoms with Crippen molar-refractivity contribution in [3.05, 3.63) is 40.4 Å². The second-order valence-electron chi connectivity index (χ2n) is 4.28. The third kappa shape index (κ3) is 3.49. The fraction of sp³-hybridized carbons (Fsp3) is 0.267. The maximum atomic E-state index is 12.0. The van der Waals surface area contributed by atoms with E-state index in [-0.39, 0.29) is 10.7 Å². The van der Waals surface area contributed by atoms with Crippen LogP contribution in [0.15, 0.2) is 29.3 Å². The van der Waals surface area contributed by atoms with Crippen molar-refractivity contribution in [3.8, 4) is 11.8 Å². The van der Waals surface area contributed by atoms with Gasteiger partial charge in [-0.1, -0.05) is 23.6 Å². The quantitative estimate of drug-likeness (QED) is 0.625. The van der Waals surface area contributed by atoms with E-state index in [9.17, 15) is 9.59 Å². The lowest BCUT2D eigenvalue weighted by Crippen LogP contribution is -2.16. The Hall–Kier alpha value is -2.06. The average molecular weight is 286 g/mol. The standard InChI is InChI=1S/C15H14N2O2S/c1-11(18)20-8-4-3-5-12-6-7-14-13(9-12)15(19)17(2)10-16-14/h6-7,9-10H,4,8H2,1-2H3. The molecule has 0 fully saturated rings. The number of carbonyl (C=O) groups is 1. The second-order valence-corrected chi connectivity index (χ2v) is 5.56. The minimum Gasteiger partial charge on any atom is -0.302 e. The van der Waals surface area contributed by atoms with Gasteiger partial charge in [-0.3, -0.25) is 9.59 Å². The molecule has 0 bridgehead atoms. The third-order valence-corrected chi connectivity index (χ3v) is 3.50. The Morgan fingerprint density at radius 2 is 2.25 bits per heavy atom. The molecular weight excluding hydrogens is 272 g/mol. The normalized spacial score (nSPS) is 10.1. The van der Waals surface area contributed by atoms with Gasteiger partial charge in [-0.15, -0.1) is 0 Å². The first-order chi connectivity index (χ1) is 9.58. The van der Waals surface area contributed by atoms with Crippen LogP contribution in [-0.2, 0) is 11.8 Å². The molecule has 1 aromatic carbocycles. The number of fused-ring (bicyclic) bond motifs is 1. The fourth-order valence-corrected chi connectivity index (χ4v) is 2.19. The molecule has 2 rings (SSSR count). The van der Waals surface area contributed by atoms with Gasteiger partial charge in [0.1, 0.15) is 0 Å². The average Bonchev–Trinajstić information content (AvgIpc) is 2.42. The lowest BCUT2D eigenvalue weighted by Gasteiger charge is -2.00. The van der Waals surface area contributed by atoms with E-state index >= 15 is 0 Å². The molecule has 0 aliphatic rings. The van der Waals surface area contributed by atoms with E-state index in [1.807, 2.05) is 6.07 Å². The van der Waals surface area contributed by atoms with Gasteiger partial charge in [-0.25, -0.2) is 4.98 Å². The molecule has 0 unspecified atom stereocenters. The molecule has 0 radical (unpaired) electrons. The van der Waals surface area contributed by atoms with Crippen molar-refractivity contribution in [1.82, 2.24) is 9.55 Å². The van der Waals surface area contributed by atoms with Crippen molar-refractivity contribution < 1.29 is 4.79 Å². The molecule has 0 amide bonds. The SMILES string of the molecule is CC(=O)SCCC#Cc1ccc2ncn(C)c(=O)c2c1. The molecule has 5 heteroatoms. The van der Waals surface area contributed by atoms with Gasteiger partial charge < -0.3 is 4.57 Å². The zero-order valence-corrected chi connectivity index (χ0v) is 12.2. The fourth-order valence-electron chi connectivity index (χ4n) is 1.70. The third-order valence-electron chi connectivity index (χ3n) is 2.68. The number of thioether (sulfide) groups is 1. The Labute approximate surface area is 121 Å². The van der Waals surface area contributed by atoms with Crippen molar-refractivity contribution in [2.45, 2.75) is 13.3 Å². The summed E-state index contributed by atoms with van der Waals surface area (Å²) in [6.07, 6.45) is 2.16. The van der Waals surface area contributed by atoms with Crippen LogP contribution in [0.5, 0.6) is 0 Å². The molecule has 102 valence electrons. The summed E-state index contributed by atoms with van der Waals surface area (Å²) in [6, 6.07) is 5.40. The molecule has 0 aliphatic carbocycles. The van der Waals surface area contributed by atoms with Crippen LogP contribution in [0.25, 0.3) is 10.9 Å². The van der Waals surface area contributed by atoms with Crippen LogP contribution < -0.4 is 5.56 Å². The van der Waals surface area contributed by atoms with Crippen LogP contribution in [0.1, 0.15) is 18.9 Å². The summed E-state index contributed by atoms with van der Waals surface area (Å²) < 4.78 is 1.45. The van der Waals surface area contributed by atoms with E-state index in [0.29, 0.717) is 23.1 Å². The summed E-state index contributed by atoms with van der Waals surface area (Å²) in [4.78, 5) is 26.9. The van der Waals surface area contributed by atoms with Crippen molar-refractivity contribution in [2.24, 2.45) is 7.05 Å². The van der Waals surface area contributed by atoms with Gasteiger partial charge >= 0.3 is 0 Å². The first-order valence-electron chi connectivity index (χ1n) is 6.15. The lowest BCUT2D eigenvalue weighted by atomic mass is 10.1. The molecule has 20 heavy (non-hydrogen) atoms. The predicted molar refractivity (Wildman–Crippen MR) is 81.6 cm³/mol. The van der Waals surface area contributed by atoms with E-state index in [4.69, 9.17) is 0 Å². The maximum absolute atomic E-state index is 12.0. The summed E-state index contributed by atoms with van der Waals surface area (Å²) >= 11 is 1.27. The van der Waals surface area contributed by atoms with Gasteiger partial charge in [0.15, 0.2) is 5.12 Å². The van der Waals surface area contributed by atoms with Gasteiger partial charge in [0.2, 0.25) is 0 Å². The first kappa shape index (κ1) is 14.4. The zero-order valence-electron chi connectivity index (χ0n) is 11.3. The molecule has 2 aromatic rings. The molecular formula is C15H14N2O2S. The summed E-state index contributed by atoms with van der Waals surface area (Å²) in [5, 5.41) is 0.673. The number of benzene rings is 1. The zero-order chi connectivity index (χ0) is 14.5. The largest absolute Gasteiger partial charge is 0.302 e. The van der Waals surface area contributed by atoms with E-state index in [1.54, 1.807) is 26.1 Å². The van der Waals surface area contributed by atoms with E-state index in [1.165, 1.54) is 22.7 Å². The number of hydrogen-bond donors (Lipinski definition) is 0. The highest BCUT2D eigenvalue weighted by Crippen LogP contribution is 2.09. The Morgan fingerprint density at radius 1 is 1.45 bits per heavy atom. The molecule has 0 N–H and O–H groups in total. The van der Waals surface area contributed by atoms with Crippen LogP contribution in [0.3, 0.4) is 0 Å². The number of carbonyl (C=O) groups excluding carboxylic acids is 1. The number of aryl methyl sites for hydroxylation is 1. The molecule has 4 nitrogen and oxygen atoms in total. The molecule has 0 saturated carbocycles. The highest BCUT2D eigenvalue weighted by atomic mass is 32.2. The van der Waals surface area contributed by atoms with Gasteiger partial charge in [0.25, 0.3) is 5.56 Å². The predicted octanol–water partition coefficient (Wildman–Crippen LogP) is 1.95. The monoisotopic (exact) mass is 286 g/mol. The van der Waals surface area contributed by atoms with Gasteiger partial charge in [-0.05, 0) is 18.2 Å². The molecule has 0 atom stereocenters.